The molecule has 0 radical (unpaired) electrons. The van der Waals surface area contributed by atoms with Gasteiger partial charge in [-0.3, -0.25) is 4.79 Å². The highest BCUT2D eigenvalue weighted by Gasteiger charge is 2.79. The Balaban J connectivity index is 1.64. The van der Waals surface area contributed by atoms with Crippen molar-refractivity contribution >= 4 is 5.78 Å². The van der Waals surface area contributed by atoms with E-state index in [9.17, 15) is 24.9 Å². The molecule has 1 aromatic carbocycles. The standard InChI is InChI=1S/C27H32O8/c1-23(2)20(28)13-21(29)25(4)26(23,31)11-10-24(3)27(25,32)14-17-19(35-24)12-18(34-22(17)30)15-6-8-16(33-5)9-7-15/h6-9,12,21,29,31-32H,10-11,13-14H2,1-5H3/t21-,24-,25+,26+,27-/m1/s1. The Morgan fingerprint density at radius 2 is 1.66 bits per heavy atom. The largest absolute Gasteiger partial charge is 0.497 e. The molecule has 0 amide bonds. The highest BCUT2D eigenvalue weighted by Crippen LogP contribution is 2.67. The van der Waals surface area contributed by atoms with Crippen LogP contribution in [0.2, 0.25) is 0 Å². The fourth-order valence-electron chi connectivity index (χ4n) is 6.81. The Hall–Kier alpha value is -2.68. The molecule has 0 saturated heterocycles. The Kier molecular flexibility index (Phi) is 4.93. The van der Waals surface area contributed by atoms with Gasteiger partial charge < -0.3 is 29.2 Å². The number of ketones is 1. The lowest BCUT2D eigenvalue weighted by molar-refractivity contribution is -0.341. The van der Waals surface area contributed by atoms with Gasteiger partial charge in [0.05, 0.1) is 35.2 Å². The van der Waals surface area contributed by atoms with Crippen LogP contribution in [0.4, 0.5) is 0 Å². The molecule has 1 aromatic heterocycles. The number of carbonyl (C=O) groups excluding carboxylic acids is 1. The van der Waals surface area contributed by atoms with Crippen molar-refractivity contribution in [3.8, 4) is 22.8 Å². The van der Waals surface area contributed by atoms with Crippen LogP contribution in [0.5, 0.6) is 11.5 Å². The molecule has 1 aliphatic heterocycles. The lowest BCUT2D eigenvalue weighted by atomic mass is 9.39. The number of aliphatic hydroxyl groups excluding tert-OH is 1. The first kappa shape index (κ1) is 24.0. The van der Waals surface area contributed by atoms with Crippen molar-refractivity contribution in [2.75, 3.05) is 7.11 Å². The molecule has 8 heteroatoms. The molecule has 5 atom stereocenters. The fourth-order valence-corrected chi connectivity index (χ4v) is 6.81. The minimum atomic E-state index is -1.85. The zero-order chi connectivity index (χ0) is 25.6. The summed E-state index contributed by atoms with van der Waals surface area (Å²) < 4.78 is 17.2. The van der Waals surface area contributed by atoms with Crippen LogP contribution >= 0.6 is 0 Å². The van der Waals surface area contributed by atoms with E-state index in [-0.39, 0.29) is 37.0 Å². The molecular weight excluding hydrogens is 452 g/mol. The molecule has 2 saturated carbocycles. The number of methoxy groups -OCH3 is 1. The number of ether oxygens (including phenoxy) is 2. The van der Waals surface area contributed by atoms with Crippen LogP contribution < -0.4 is 15.1 Å². The van der Waals surface area contributed by atoms with Gasteiger partial charge in [-0.1, -0.05) is 20.8 Å². The van der Waals surface area contributed by atoms with E-state index in [2.05, 4.69) is 0 Å². The molecule has 2 heterocycles. The summed E-state index contributed by atoms with van der Waals surface area (Å²) in [6, 6.07) is 8.68. The first-order valence-corrected chi connectivity index (χ1v) is 11.9. The summed E-state index contributed by atoms with van der Waals surface area (Å²) in [5, 5.41) is 35.5. The maximum absolute atomic E-state index is 13.1. The SMILES string of the molecule is COc1ccc(-c2cc3c(c(=O)o2)C[C@]2(O)[C@@]4(C)[C@H](O)CC(=O)C(C)(C)[C@@]4(O)CC[C@@]2(C)O3)cc1. The second-order valence-corrected chi connectivity index (χ2v) is 11.2. The van der Waals surface area contributed by atoms with Gasteiger partial charge in [0.2, 0.25) is 0 Å². The Labute approximate surface area is 203 Å². The van der Waals surface area contributed by atoms with Gasteiger partial charge in [0.15, 0.2) is 0 Å². The molecule has 0 spiro atoms. The average Bonchev–Trinajstić information content (AvgIpc) is 2.81. The molecule has 188 valence electrons. The maximum Gasteiger partial charge on any atom is 0.343 e. The molecule has 2 aliphatic carbocycles. The van der Waals surface area contributed by atoms with E-state index in [4.69, 9.17) is 13.9 Å². The minimum Gasteiger partial charge on any atom is -0.497 e. The quantitative estimate of drug-likeness (QED) is 0.594. The number of hydrogen-bond donors (Lipinski definition) is 3. The third-order valence-corrected chi connectivity index (χ3v) is 9.48. The second kappa shape index (κ2) is 7.18. The molecule has 3 N–H and O–H groups in total. The maximum atomic E-state index is 13.1. The normalized spacial score (nSPS) is 37.5. The summed E-state index contributed by atoms with van der Waals surface area (Å²) >= 11 is 0. The lowest BCUT2D eigenvalue weighted by Crippen LogP contribution is -2.84. The van der Waals surface area contributed by atoms with Crippen molar-refractivity contribution in [3.05, 3.63) is 46.3 Å². The van der Waals surface area contributed by atoms with Crippen LogP contribution in [0.25, 0.3) is 11.3 Å². The van der Waals surface area contributed by atoms with Gasteiger partial charge in [-0.15, -0.1) is 0 Å². The zero-order valence-corrected chi connectivity index (χ0v) is 20.7. The Morgan fingerprint density at radius 1 is 1.00 bits per heavy atom. The molecule has 2 fully saturated rings. The molecule has 35 heavy (non-hydrogen) atoms. The number of aliphatic hydroxyl groups is 3. The zero-order valence-electron chi connectivity index (χ0n) is 20.7. The van der Waals surface area contributed by atoms with E-state index >= 15 is 0 Å². The van der Waals surface area contributed by atoms with Gasteiger partial charge in [0, 0.05) is 24.5 Å². The van der Waals surface area contributed by atoms with Crippen LogP contribution in [0.3, 0.4) is 0 Å². The highest BCUT2D eigenvalue weighted by atomic mass is 16.5. The average molecular weight is 485 g/mol. The van der Waals surface area contributed by atoms with Crippen molar-refractivity contribution in [1.29, 1.82) is 0 Å². The second-order valence-electron chi connectivity index (χ2n) is 11.2. The van der Waals surface area contributed by atoms with Crippen molar-refractivity contribution in [3.63, 3.8) is 0 Å². The Bertz CT molecular complexity index is 1260. The number of benzene rings is 1. The predicted octanol–water partition coefficient (Wildman–Crippen LogP) is 2.63. The topological polar surface area (TPSA) is 126 Å². The van der Waals surface area contributed by atoms with E-state index in [1.165, 1.54) is 0 Å². The van der Waals surface area contributed by atoms with Crippen LogP contribution in [-0.4, -0.2) is 51.1 Å². The van der Waals surface area contributed by atoms with Crippen molar-refractivity contribution in [2.24, 2.45) is 10.8 Å². The number of Topliss-reactive ketones (excluding diaryl/α,β-unsaturated/α-hetero) is 1. The smallest absolute Gasteiger partial charge is 0.343 e. The van der Waals surface area contributed by atoms with E-state index in [1.54, 1.807) is 65.1 Å². The monoisotopic (exact) mass is 484 g/mol. The highest BCUT2D eigenvalue weighted by molar-refractivity contribution is 5.87. The molecule has 8 nitrogen and oxygen atoms in total. The lowest BCUT2D eigenvalue weighted by Gasteiger charge is -2.70. The summed E-state index contributed by atoms with van der Waals surface area (Å²) in [5.74, 6) is 1.01. The van der Waals surface area contributed by atoms with Crippen molar-refractivity contribution in [1.82, 2.24) is 0 Å². The van der Waals surface area contributed by atoms with E-state index in [0.717, 1.165) is 0 Å². The van der Waals surface area contributed by atoms with Crippen LogP contribution in [0.15, 0.2) is 39.5 Å². The van der Waals surface area contributed by atoms with Gasteiger partial charge in [0.25, 0.3) is 0 Å². The van der Waals surface area contributed by atoms with Gasteiger partial charge in [-0.2, -0.15) is 0 Å². The first-order valence-electron chi connectivity index (χ1n) is 11.9. The Morgan fingerprint density at radius 3 is 2.29 bits per heavy atom. The van der Waals surface area contributed by atoms with Gasteiger partial charge in [0.1, 0.15) is 34.2 Å². The van der Waals surface area contributed by atoms with Gasteiger partial charge in [-0.05, 0) is 44.0 Å². The summed E-state index contributed by atoms with van der Waals surface area (Å²) in [7, 11) is 1.57. The third kappa shape index (κ3) is 2.79. The van der Waals surface area contributed by atoms with E-state index < -0.39 is 39.4 Å². The number of carbonyl (C=O) groups is 1. The summed E-state index contributed by atoms with van der Waals surface area (Å²) in [6.45, 7) is 6.64. The predicted molar refractivity (Wildman–Crippen MR) is 126 cm³/mol. The third-order valence-electron chi connectivity index (χ3n) is 9.48. The fraction of sp³-hybridized carbons (Fsp3) is 0.556. The summed E-state index contributed by atoms with van der Waals surface area (Å²) in [6.07, 6.45) is -1.36. The number of hydrogen-bond acceptors (Lipinski definition) is 8. The van der Waals surface area contributed by atoms with Crippen molar-refractivity contribution < 1.29 is 34.0 Å². The van der Waals surface area contributed by atoms with E-state index in [0.29, 0.717) is 22.8 Å². The molecule has 5 rings (SSSR count). The van der Waals surface area contributed by atoms with Crippen LogP contribution in [0, 0.1) is 10.8 Å². The number of rotatable bonds is 2. The van der Waals surface area contributed by atoms with Crippen molar-refractivity contribution in [2.45, 2.75) is 76.3 Å². The minimum absolute atomic E-state index is 0.134. The van der Waals surface area contributed by atoms with Gasteiger partial charge in [-0.25, -0.2) is 4.79 Å². The summed E-state index contributed by atoms with van der Waals surface area (Å²) in [4.78, 5) is 26.0. The molecule has 0 bridgehead atoms. The van der Waals surface area contributed by atoms with Crippen LogP contribution in [0.1, 0.15) is 52.5 Å². The summed E-state index contributed by atoms with van der Waals surface area (Å²) in [5.41, 5.74) is -7.43. The van der Waals surface area contributed by atoms with E-state index in [1.807, 2.05) is 0 Å². The molecular formula is C27H32O8. The van der Waals surface area contributed by atoms with Crippen LogP contribution in [-0.2, 0) is 11.2 Å². The molecule has 3 aliphatic rings. The molecule has 2 aromatic rings. The first-order chi connectivity index (χ1) is 16.2. The van der Waals surface area contributed by atoms with Gasteiger partial charge >= 0.3 is 5.63 Å². The number of fused-ring (bicyclic) bond motifs is 4. The molecule has 0 unspecified atom stereocenters.